The fraction of sp³-hybridized carbons (Fsp3) is 0.150. The first-order chi connectivity index (χ1) is 12.4. The minimum atomic E-state index is -0.566. The molecule has 6 heteroatoms. The van der Waals surface area contributed by atoms with Crippen LogP contribution < -0.4 is 11.1 Å². The first-order valence-corrected chi connectivity index (χ1v) is 8.92. The highest BCUT2D eigenvalue weighted by Gasteiger charge is 2.23. The van der Waals surface area contributed by atoms with E-state index in [1.807, 2.05) is 39.0 Å². The highest BCUT2D eigenvalue weighted by Crippen LogP contribution is 2.40. The number of carbonyl (C=O) groups excluding carboxylic acids is 2. The Bertz CT molecular complexity index is 994. The lowest BCUT2D eigenvalue weighted by molar-refractivity contribution is 0.100. The third-order valence-electron chi connectivity index (χ3n) is 4.28. The van der Waals surface area contributed by atoms with Crippen LogP contribution in [0.3, 0.4) is 0 Å². The zero-order valence-electron chi connectivity index (χ0n) is 14.8. The maximum Gasteiger partial charge on any atom is 0.257 e. The highest BCUT2D eigenvalue weighted by molar-refractivity contribution is 7.17. The second kappa shape index (κ2) is 7.09. The molecule has 2 heterocycles. The number of hydrogen-bond donors (Lipinski definition) is 2. The van der Waals surface area contributed by atoms with Crippen LogP contribution >= 0.6 is 11.3 Å². The van der Waals surface area contributed by atoms with Crippen LogP contribution in [-0.2, 0) is 0 Å². The molecule has 0 fully saturated rings. The summed E-state index contributed by atoms with van der Waals surface area (Å²) in [5.41, 5.74) is 10.4. The second-order valence-electron chi connectivity index (χ2n) is 6.10. The molecule has 0 spiro atoms. The van der Waals surface area contributed by atoms with Crippen LogP contribution in [0.25, 0.3) is 11.1 Å². The number of amides is 2. The van der Waals surface area contributed by atoms with Gasteiger partial charge in [-0.15, -0.1) is 11.3 Å². The van der Waals surface area contributed by atoms with Gasteiger partial charge in [-0.1, -0.05) is 18.2 Å². The molecule has 0 aliphatic heterocycles. The van der Waals surface area contributed by atoms with E-state index in [0.717, 1.165) is 21.6 Å². The van der Waals surface area contributed by atoms with E-state index in [9.17, 15) is 9.59 Å². The molecule has 2 aromatic heterocycles. The van der Waals surface area contributed by atoms with Crippen LogP contribution in [0.15, 0.2) is 42.7 Å². The van der Waals surface area contributed by atoms with Crippen molar-refractivity contribution >= 4 is 28.2 Å². The van der Waals surface area contributed by atoms with E-state index in [4.69, 9.17) is 5.73 Å². The zero-order chi connectivity index (χ0) is 18.8. The Labute approximate surface area is 155 Å². The van der Waals surface area contributed by atoms with Gasteiger partial charge in [0.2, 0.25) is 0 Å². The fourth-order valence-corrected chi connectivity index (χ4v) is 3.86. The van der Waals surface area contributed by atoms with Gasteiger partial charge in [-0.3, -0.25) is 14.6 Å². The predicted octanol–water partition coefficient (Wildman–Crippen LogP) is 4.09. The van der Waals surface area contributed by atoms with Crippen LogP contribution in [0.1, 0.15) is 36.7 Å². The Morgan fingerprint density at radius 2 is 1.88 bits per heavy atom. The number of nitrogens with zero attached hydrogens (tertiary/aromatic N) is 1. The largest absolute Gasteiger partial charge is 0.365 e. The molecular weight excluding hydrogens is 346 g/mol. The number of primary amides is 1. The van der Waals surface area contributed by atoms with Crippen molar-refractivity contribution in [3.05, 3.63) is 69.9 Å². The molecule has 5 nitrogen and oxygen atoms in total. The highest BCUT2D eigenvalue weighted by atomic mass is 32.1. The first-order valence-electron chi connectivity index (χ1n) is 8.10. The van der Waals surface area contributed by atoms with E-state index in [-0.39, 0.29) is 5.91 Å². The van der Waals surface area contributed by atoms with Crippen molar-refractivity contribution < 1.29 is 9.59 Å². The summed E-state index contributed by atoms with van der Waals surface area (Å²) in [6, 6.07) is 9.36. The lowest BCUT2D eigenvalue weighted by Crippen LogP contribution is -2.17. The van der Waals surface area contributed by atoms with Gasteiger partial charge in [0, 0.05) is 22.8 Å². The molecule has 0 saturated heterocycles. The zero-order valence-corrected chi connectivity index (χ0v) is 15.6. The van der Waals surface area contributed by atoms with Crippen LogP contribution in [-0.4, -0.2) is 16.8 Å². The average molecular weight is 365 g/mol. The minimum absolute atomic E-state index is 0.325. The third-order valence-corrected chi connectivity index (χ3v) is 5.30. The minimum Gasteiger partial charge on any atom is -0.365 e. The number of carbonyl (C=O) groups is 2. The van der Waals surface area contributed by atoms with E-state index in [0.29, 0.717) is 16.1 Å². The maximum absolute atomic E-state index is 12.4. The van der Waals surface area contributed by atoms with E-state index >= 15 is 0 Å². The summed E-state index contributed by atoms with van der Waals surface area (Å²) in [7, 11) is 0. The van der Waals surface area contributed by atoms with E-state index < -0.39 is 5.91 Å². The summed E-state index contributed by atoms with van der Waals surface area (Å²) in [6.45, 7) is 5.98. The number of aromatic nitrogens is 1. The van der Waals surface area contributed by atoms with Gasteiger partial charge in [-0.2, -0.15) is 0 Å². The van der Waals surface area contributed by atoms with E-state index in [1.54, 1.807) is 18.3 Å². The third kappa shape index (κ3) is 3.36. The number of hydrogen-bond acceptors (Lipinski definition) is 4. The van der Waals surface area contributed by atoms with E-state index in [2.05, 4.69) is 10.3 Å². The van der Waals surface area contributed by atoms with Gasteiger partial charge in [-0.25, -0.2) is 0 Å². The quantitative estimate of drug-likeness (QED) is 0.730. The molecule has 0 aliphatic rings. The number of rotatable bonds is 4. The van der Waals surface area contributed by atoms with Crippen LogP contribution in [0.4, 0.5) is 5.00 Å². The lowest BCUT2D eigenvalue weighted by atomic mass is 9.97. The van der Waals surface area contributed by atoms with Crippen molar-refractivity contribution in [2.45, 2.75) is 20.8 Å². The summed E-state index contributed by atoms with van der Waals surface area (Å²) in [4.78, 5) is 29.5. The second-order valence-corrected chi connectivity index (χ2v) is 7.32. The SMILES string of the molecule is Cc1ccc(-c2c(C)sc(NC(=O)c3cccnc3)c2C(N)=O)cc1C. The topological polar surface area (TPSA) is 85.1 Å². The van der Waals surface area contributed by atoms with Gasteiger partial charge in [0.05, 0.1) is 11.1 Å². The molecule has 0 aliphatic carbocycles. The molecule has 0 saturated carbocycles. The fourth-order valence-electron chi connectivity index (χ4n) is 2.78. The number of thiophene rings is 1. The number of pyridine rings is 1. The molecule has 3 rings (SSSR count). The van der Waals surface area contributed by atoms with Gasteiger partial charge < -0.3 is 11.1 Å². The predicted molar refractivity (Wildman–Crippen MR) is 105 cm³/mol. The standard InChI is InChI=1S/C20H19N3O2S/c1-11-6-7-14(9-12(11)2)16-13(3)26-20(17(16)18(21)24)23-19(25)15-5-4-8-22-10-15/h4-10H,1-3H3,(H2,21,24)(H,23,25). The Kier molecular flexibility index (Phi) is 4.86. The molecule has 1 aromatic carbocycles. The Balaban J connectivity index is 2.06. The van der Waals surface area contributed by atoms with Crippen molar-refractivity contribution in [2.24, 2.45) is 5.73 Å². The lowest BCUT2D eigenvalue weighted by Gasteiger charge is -2.09. The molecule has 2 amide bonds. The van der Waals surface area contributed by atoms with E-state index in [1.165, 1.54) is 23.1 Å². The van der Waals surface area contributed by atoms with Crippen LogP contribution in [0.5, 0.6) is 0 Å². The monoisotopic (exact) mass is 365 g/mol. The molecule has 132 valence electrons. The van der Waals surface area contributed by atoms with Crippen molar-refractivity contribution in [2.75, 3.05) is 5.32 Å². The molecule has 0 atom stereocenters. The van der Waals surface area contributed by atoms with Crippen molar-refractivity contribution in [1.82, 2.24) is 4.98 Å². The van der Waals surface area contributed by atoms with Gasteiger partial charge in [0.25, 0.3) is 11.8 Å². The normalized spacial score (nSPS) is 10.6. The van der Waals surface area contributed by atoms with Crippen molar-refractivity contribution in [3.63, 3.8) is 0 Å². The van der Waals surface area contributed by atoms with Gasteiger partial charge in [0.15, 0.2) is 0 Å². The molecule has 0 bridgehead atoms. The van der Waals surface area contributed by atoms with Crippen LogP contribution in [0, 0.1) is 20.8 Å². The summed E-state index contributed by atoms with van der Waals surface area (Å²) in [5, 5.41) is 3.26. The summed E-state index contributed by atoms with van der Waals surface area (Å²) in [6.07, 6.45) is 3.07. The van der Waals surface area contributed by atoms with Crippen LogP contribution in [0.2, 0.25) is 0 Å². The van der Waals surface area contributed by atoms with Crippen molar-refractivity contribution in [3.8, 4) is 11.1 Å². The first kappa shape index (κ1) is 17.8. The number of aryl methyl sites for hydroxylation is 3. The summed E-state index contributed by atoms with van der Waals surface area (Å²) >= 11 is 1.34. The molecule has 26 heavy (non-hydrogen) atoms. The smallest absolute Gasteiger partial charge is 0.257 e. The summed E-state index contributed by atoms with van der Waals surface area (Å²) in [5.74, 6) is -0.891. The Morgan fingerprint density at radius 1 is 1.12 bits per heavy atom. The number of nitrogens with one attached hydrogen (secondary N) is 1. The average Bonchev–Trinajstić information content (AvgIpc) is 2.94. The Hall–Kier alpha value is -2.99. The molecule has 0 radical (unpaired) electrons. The number of nitrogens with two attached hydrogens (primary N) is 1. The Morgan fingerprint density at radius 3 is 2.50 bits per heavy atom. The molecule has 3 N–H and O–H groups in total. The number of benzene rings is 1. The van der Waals surface area contributed by atoms with Gasteiger partial charge in [0.1, 0.15) is 5.00 Å². The number of anilines is 1. The molecule has 0 unspecified atom stereocenters. The molecule has 3 aromatic rings. The van der Waals surface area contributed by atoms with Gasteiger partial charge >= 0.3 is 0 Å². The van der Waals surface area contributed by atoms with Crippen molar-refractivity contribution in [1.29, 1.82) is 0 Å². The van der Waals surface area contributed by atoms with Gasteiger partial charge in [-0.05, 0) is 49.6 Å². The maximum atomic E-state index is 12.4. The summed E-state index contributed by atoms with van der Waals surface area (Å²) < 4.78 is 0. The molecular formula is C20H19N3O2S.